The Morgan fingerprint density at radius 1 is 1.18 bits per heavy atom. The fourth-order valence-corrected chi connectivity index (χ4v) is 2.54. The molecule has 1 N–H and O–H groups in total. The largest absolute Gasteiger partial charge is 0.388 e. The molecule has 1 aromatic heterocycles. The number of aromatic nitrogens is 1. The van der Waals surface area contributed by atoms with Crippen LogP contribution in [0.2, 0.25) is 10.3 Å². The minimum absolute atomic E-state index is 0.209. The number of aryl methyl sites for hydroxylation is 1. The molecule has 2 nitrogen and oxygen atoms in total. The van der Waals surface area contributed by atoms with Crippen LogP contribution in [0.4, 0.5) is 0 Å². The Kier molecular flexibility index (Phi) is 5.71. The van der Waals surface area contributed by atoms with E-state index in [2.05, 4.69) is 18.8 Å². The molecular formula is C13H19Cl2NO. The molecule has 96 valence electrons. The van der Waals surface area contributed by atoms with Gasteiger partial charge in [-0.2, -0.15) is 0 Å². The highest BCUT2D eigenvalue weighted by atomic mass is 35.5. The van der Waals surface area contributed by atoms with Gasteiger partial charge in [0.2, 0.25) is 0 Å². The summed E-state index contributed by atoms with van der Waals surface area (Å²) >= 11 is 12.0. The zero-order chi connectivity index (χ0) is 13.0. The minimum Gasteiger partial charge on any atom is -0.388 e. The SMILES string of the molecule is CCc1cc(C(O)C(CC)CC)c(Cl)nc1Cl. The van der Waals surface area contributed by atoms with Gasteiger partial charge in [-0.3, -0.25) is 0 Å². The summed E-state index contributed by atoms with van der Waals surface area (Å²) in [7, 11) is 0. The summed E-state index contributed by atoms with van der Waals surface area (Å²) in [6, 6.07) is 1.88. The number of rotatable bonds is 5. The third-order valence-corrected chi connectivity index (χ3v) is 3.85. The molecule has 0 aliphatic heterocycles. The first-order chi connectivity index (χ1) is 8.04. The Hall–Kier alpha value is -0.310. The summed E-state index contributed by atoms with van der Waals surface area (Å²) in [6.45, 7) is 6.13. The van der Waals surface area contributed by atoms with Crippen LogP contribution in [0, 0.1) is 5.92 Å². The van der Waals surface area contributed by atoms with Crippen LogP contribution in [-0.4, -0.2) is 10.1 Å². The molecule has 1 unspecified atom stereocenters. The second kappa shape index (κ2) is 6.58. The van der Waals surface area contributed by atoms with Crippen molar-refractivity contribution in [2.75, 3.05) is 0 Å². The van der Waals surface area contributed by atoms with Gasteiger partial charge in [-0.25, -0.2) is 4.98 Å². The number of pyridine rings is 1. The highest BCUT2D eigenvalue weighted by Gasteiger charge is 2.22. The average Bonchev–Trinajstić information content (AvgIpc) is 2.30. The first-order valence-electron chi connectivity index (χ1n) is 6.07. The lowest BCUT2D eigenvalue weighted by Crippen LogP contribution is -2.12. The summed E-state index contributed by atoms with van der Waals surface area (Å²) in [5.74, 6) is 0.209. The van der Waals surface area contributed by atoms with Crippen molar-refractivity contribution in [2.24, 2.45) is 5.92 Å². The van der Waals surface area contributed by atoms with E-state index in [1.165, 1.54) is 0 Å². The number of aliphatic hydroxyl groups is 1. The normalized spacial score (nSPS) is 13.1. The molecule has 1 atom stereocenters. The second-order valence-corrected chi connectivity index (χ2v) is 4.91. The summed E-state index contributed by atoms with van der Waals surface area (Å²) in [4.78, 5) is 4.09. The van der Waals surface area contributed by atoms with Gasteiger partial charge in [-0.15, -0.1) is 0 Å². The summed E-state index contributed by atoms with van der Waals surface area (Å²) < 4.78 is 0. The molecule has 0 fully saturated rings. The van der Waals surface area contributed by atoms with E-state index in [0.717, 1.165) is 24.8 Å². The van der Waals surface area contributed by atoms with Gasteiger partial charge in [-0.1, -0.05) is 56.8 Å². The van der Waals surface area contributed by atoms with E-state index >= 15 is 0 Å². The molecule has 17 heavy (non-hydrogen) atoms. The molecule has 1 rings (SSSR count). The van der Waals surface area contributed by atoms with Gasteiger partial charge in [0.25, 0.3) is 0 Å². The number of nitrogens with zero attached hydrogens (tertiary/aromatic N) is 1. The maximum Gasteiger partial charge on any atom is 0.136 e. The van der Waals surface area contributed by atoms with Crippen molar-refractivity contribution >= 4 is 23.2 Å². The highest BCUT2D eigenvalue weighted by Crippen LogP contribution is 2.33. The lowest BCUT2D eigenvalue weighted by atomic mass is 9.91. The summed E-state index contributed by atoms with van der Waals surface area (Å²) in [6.07, 6.45) is 2.05. The van der Waals surface area contributed by atoms with Gasteiger partial charge < -0.3 is 5.11 Å². The number of halogens is 2. The third-order valence-electron chi connectivity index (χ3n) is 3.22. The van der Waals surface area contributed by atoms with Gasteiger partial charge in [-0.05, 0) is 24.0 Å². The Morgan fingerprint density at radius 2 is 1.76 bits per heavy atom. The lowest BCUT2D eigenvalue weighted by Gasteiger charge is -2.21. The number of hydrogen-bond acceptors (Lipinski definition) is 2. The molecular weight excluding hydrogens is 257 g/mol. The fourth-order valence-electron chi connectivity index (χ4n) is 1.97. The quantitative estimate of drug-likeness (QED) is 0.807. The first-order valence-corrected chi connectivity index (χ1v) is 6.83. The zero-order valence-electron chi connectivity index (χ0n) is 10.5. The Morgan fingerprint density at radius 3 is 2.24 bits per heavy atom. The summed E-state index contributed by atoms with van der Waals surface area (Å²) in [5, 5.41) is 11.0. The van der Waals surface area contributed by atoms with Crippen molar-refractivity contribution in [3.63, 3.8) is 0 Å². The standard InChI is InChI=1S/C13H19Cl2NO/c1-4-8(5-2)11(17)10-7-9(6-3)12(14)16-13(10)15/h7-8,11,17H,4-6H2,1-3H3. The third kappa shape index (κ3) is 3.34. The second-order valence-electron chi connectivity index (χ2n) is 4.19. The summed E-state index contributed by atoms with van der Waals surface area (Å²) in [5.41, 5.74) is 1.62. The van der Waals surface area contributed by atoms with E-state index in [4.69, 9.17) is 23.2 Å². The van der Waals surface area contributed by atoms with Crippen LogP contribution in [0.15, 0.2) is 6.07 Å². The van der Waals surface area contributed by atoms with Gasteiger partial charge in [0.05, 0.1) is 6.10 Å². The van der Waals surface area contributed by atoms with Crippen LogP contribution in [0.25, 0.3) is 0 Å². The molecule has 0 bridgehead atoms. The van der Waals surface area contributed by atoms with Crippen LogP contribution < -0.4 is 0 Å². The maximum absolute atomic E-state index is 10.3. The molecule has 0 aliphatic carbocycles. The van der Waals surface area contributed by atoms with Crippen molar-refractivity contribution in [1.82, 2.24) is 4.98 Å². The van der Waals surface area contributed by atoms with Gasteiger partial charge in [0, 0.05) is 5.56 Å². The van der Waals surface area contributed by atoms with Crippen LogP contribution >= 0.6 is 23.2 Å². The molecule has 0 aromatic carbocycles. The van der Waals surface area contributed by atoms with Gasteiger partial charge in [0.1, 0.15) is 10.3 Å². The Bertz CT molecular complexity index is 378. The number of hydrogen-bond donors (Lipinski definition) is 1. The number of aliphatic hydroxyl groups excluding tert-OH is 1. The molecule has 0 amide bonds. The predicted molar refractivity (Wildman–Crippen MR) is 72.7 cm³/mol. The molecule has 1 heterocycles. The predicted octanol–water partition coefficient (Wildman–Crippen LogP) is 4.42. The van der Waals surface area contributed by atoms with Crippen molar-refractivity contribution in [3.05, 3.63) is 27.5 Å². The molecule has 0 radical (unpaired) electrons. The van der Waals surface area contributed by atoms with Crippen molar-refractivity contribution < 1.29 is 5.11 Å². The zero-order valence-corrected chi connectivity index (χ0v) is 12.0. The Balaban J connectivity index is 3.12. The minimum atomic E-state index is -0.562. The van der Waals surface area contributed by atoms with E-state index < -0.39 is 6.10 Å². The highest BCUT2D eigenvalue weighted by molar-refractivity contribution is 6.33. The molecule has 0 aliphatic rings. The van der Waals surface area contributed by atoms with Gasteiger partial charge >= 0.3 is 0 Å². The molecule has 1 aromatic rings. The topological polar surface area (TPSA) is 33.1 Å². The van der Waals surface area contributed by atoms with E-state index in [1.807, 2.05) is 13.0 Å². The van der Waals surface area contributed by atoms with Crippen molar-refractivity contribution in [2.45, 2.75) is 46.1 Å². The molecule has 0 spiro atoms. The molecule has 0 saturated heterocycles. The van der Waals surface area contributed by atoms with E-state index in [-0.39, 0.29) is 5.92 Å². The molecule has 0 saturated carbocycles. The van der Waals surface area contributed by atoms with Gasteiger partial charge in [0.15, 0.2) is 0 Å². The lowest BCUT2D eigenvalue weighted by molar-refractivity contribution is 0.103. The monoisotopic (exact) mass is 275 g/mol. The van der Waals surface area contributed by atoms with E-state index in [1.54, 1.807) is 0 Å². The molecule has 4 heteroatoms. The van der Waals surface area contributed by atoms with Crippen LogP contribution in [0.5, 0.6) is 0 Å². The van der Waals surface area contributed by atoms with E-state index in [0.29, 0.717) is 15.9 Å². The smallest absolute Gasteiger partial charge is 0.136 e. The van der Waals surface area contributed by atoms with Crippen LogP contribution in [0.3, 0.4) is 0 Å². The van der Waals surface area contributed by atoms with Crippen molar-refractivity contribution in [1.29, 1.82) is 0 Å². The Labute approximate surface area is 113 Å². The maximum atomic E-state index is 10.3. The average molecular weight is 276 g/mol. The van der Waals surface area contributed by atoms with E-state index in [9.17, 15) is 5.11 Å². The van der Waals surface area contributed by atoms with Crippen LogP contribution in [-0.2, 0) is 6.42 Å². The van der Waals surface area contributed by atoms with Crippen molar-refractivity contribution in [3.8, 4) is 0 Å². The first kappa shape index (κ1) is 14.7. The van der Waals surface area contributed by atoms with Crippen LogP contribution in [0.1, 0.15) is 50.8 Å². The fraction of sp³-hybridized carbons (Fsp3) is 0.615.